The second-order valence-corrected chi connectivity index (χ2v) is 3.84. The molecule has 0 bridgehead atoms. The fraction of sp³-hybridized carbons (Fsp3) is 0.500. The van der Waals surface area contributed by atoms with Crippen LogP contribution in [0.15, 0.2) is 18.2 Å². The van der Waals surface area contributed by atoms with E-state index < -0.39 is 6.10 Å². The normalized spacial score (nSPS) is 14.2. The van der Waals surface area contributed by atoms with Gasteiger partial charge in [0, 0.05) is 17.7 Å². The summed E-state index contributed by atoms with van der Waals surface area (Å²) in [5.41, 5.74) is 6.64. The highest BCUT2D eigenvalue weighted by Crippen LogP contribution is 2.28. The van der Waals surface area contributed by atoms with E-state index in [0.717, 1.165) is 5.56 Å². The van der Waals surface area contributed by atoms with Crippen LogP contribution in [0.25, 0.3) is 0 Å². The summed E-state index contributed by atoms with van der Waals surface area (Å²) in [6.45, 7) is 1.53. The molecular formula is C12H19NO4. The summed E-state index contributed by atoms with van der Waals surface area (Å²) in [5, 5.41) is 18.0. The molecule has 0 heterocycles. The van der Waals surface area contributed by atoms with Crippen molar-refractivity contribution in [2.24, 2.45) is 5.73 Å². The fourth-order valence-corrected chi connectivity index (χ4v) is 1.38. The van der Waals surface area contributed by atoms with Crippen LogP contribution >= 0.6 is 0 Å². The monoisotopic (exact) mass is 241 g/mol. The second-order valence-electron chi connectivity index (χ2n) is 3.84. The van der Waals surface area contributed by atoms with Crippen LogP contribution < -0.4 is 15.2 Å². The third kappa shape index (κ3) is 3.89. The molecule has 1 rings (SSSR count). The lowest BCUT2D eigenvalue weighted by Gasteiger charge is -2.16. The van der Waals surface area contributed by atoms with E-state index in [1.54, 1.807) is 19.2 Å². The lowest BCUT2D eigenvalue weighted by Crippen LogP contribution is -2.22. The molecule has 0 saturated heterocycles. The van der Waals surface area contributed by atoms with Crippen LogP contribution in [0.1, 0.15) is 18.5 Å². The molecule has 0 saturated carbocycles. The number of rotatable bonds is 6. The van der Waals surface area contributed by atoms with Gasteiger partial charge in [0.2, 0.25) is 0 Å². The molecule has 1 unspecified atom stereocenters. The van der Waals surface area contributed by atoms with Crippen molar-refractivity contribution < 1.29 is 19.7 Å². The Morgan fingerprint density at radius 1 is 1.41 bits per heavy atom. The first kappa shape index (κ1) is 13.8. The molecule has 0 aliphatic carbocycles. The molecule has 96 valence electrons. The van der Waals surface area contributed by atoms with E-state index in [2.05, 4.69) is 0 Å². The Labute approximate surface area is 101 Å². The zero-order valence-corrected chi connectivity index (χ0v) is 10.1. The van der Waals surface area contributed by atoms with Gasteiger partial charge in [-0.05, 0) is 13.0 Å². The van der Waals surface area contributed by atoms with Crippen LogP contribution in [0.4, 0.5) is 0 Å². The number of nitrogens with two attached hydrogens (primary N) is 1. The van der Waals surface area contributed by atoms with Crippen LogP contribution in [0, 0.1) is 0 Å². The summed E-state index contributed by atoms with van der Waals surface area (Å²) in [5.74, 6) is 1.22. The first-order valence-corrected chi connectivity index (χ1v) is 5.43. The van der Waals surface area contributed by atoms with E-state index in [0.29, 0.717) is 11.5 Å². The summed E-state index contributed by atoms with van der Waals surface area (Å²) in [6.07, 6.45) is -0.901. The number of aliphatic hydroxyl groups is 2. The fourth-order valence-electron chi connectivity index (χ4n) is 1.38. The first-order valence-electron chi connectivity index (χ1n) is 5.43. The van der Waals surface area contributed by atoms with Crippen LogP contribution in [-0.2, 0) is 0 Å². The summed E-state index contributed by atoms with van der Waals surface area (Å²) < 4.78 is 10.5. The number of hydrogen-bond donors (Lipinski definition) is 3. The lowest BCUT2D eigenvalue weighted by molar-refractivity contribution is 0.0531. The minimum atomic E-state index is -0.901. The number of aliphatic hydroxyl groups excluding tert-OH is 2. The summed E-state index contributed by atoms with van der Waals surface area (Å²) in [7, 11) is 1.56. The van der Waals surface area contributed by atoms with Gasteiger partial charge in [-0.25, -0.2) is 0 Å². The quantitative estimate of drug-likeness (QED) is 0.673. The van der Waals surface area contributed by atoms with Crippen molar-refractivity contribution in [1.29, 1.82) is 0 Å². The van der Waals surface area contributed by atoms with E-state index in [9.17, 15) is 5.11 Å². The predicted octanol–water partition coefficient (Wildman–Crippen LogP) is 0.447. The maximum Gasteiger partial charge on any atom is 0.127 e. The van der Waals surface area contributed by atoms with Crippen molar-refractivity contribution >= 4 is 0 Å². The Morgan fingerprint density at radius 2 is 2.12 bits per heavy atom. The Hall–Kier alpha value is -1.30. The molecule has 0 aliphatic heterocycles. The zero-order chi connectivity index (χ0) is 12.8. The largest absolute Gasteiger partial charge is 0.497 e. The highest BCUT2D eigenvalue weighted by Gasteiger charge is 2.11. The van der Waals surface area contributed by atoms with Crippen molar-refractivity contribution in [3.63, 3.8) is 0 Å². The van der Waals surface area contributed by atoms with E-state index >= 15 is 0 Å². The number of methoxy groups -OCH3 is 1. The maximum absolute atomic E-state index is 9.24. The molecule has 1 aromatic rings. The first-order chi connectivity index (χ1) is 8.08. The Kier molecular flexibility index (Phi) is 5.21. The van der Waals surface area contributed by atoms with E-state index in [4.69, 9.17) is 20.3 Å². The van der Waals surface area contributed by atoms with Gasteiger partial charge in [0.05, 0.1) is 13.7 Å². The van der Waals surface area contributed by atoms with Crippen LogP contribution in [-0.4, -0.2) is 36.6 Å². The van der Waals surface area contributed by atoms with Gasteiger partial charge in [-0.2, -0.15) is 0 Å². The van der Waals surface area contributed by atoms with Gasteiger partial charge in [-0.1, -0.05) is 6.07 Å². The average molecular weight is 241 g/mol. The molecule has 17 heavy (non-hydrogen) atoms. The second kappa shape index (κ2) is 6.44. The number of hydrogen-bond acceptors (Lipinski definition) is 5. The van der Waals surface area contributed by atoms with Gasteiger partial charge in [0.25, 0.3) is 0 Å². The molecule has 1 aromatic carbocycles. The van der Waals surface area contributed by atoms with Gasteiger partial charge in [0.15, 0.2) is 0 Å². The minimum absolute atomic E-state index is 0.0172. The highest BCUT2D eigenvalue weighted by atomic mass is 16.5. The van der Waals surface area contributed by atoms with E-state index in [-0.39, 0.29) is 19.3 Å². The molecule has 5 heteroatoms. The molecule has 0 aromatic heterocycles. The maximum atomic E-state index is 9.24. The van der Waals surface area contributed by atoms with Crippen LogP contribution in [0.5, 0.6) is 11.5 Å². The molecule has 0 spiro atoms. The highest BCUT2D eigenvalue weighted by molar-refractivity contribution is 5.42. The molecular weight excluding hydrogens is 222 g/mol. The average Bonchev–Trinajstić information content (AvgIpc) is 2.35. The Morgan fingerprint density at radius 3 is 2.65 bits per heavy atom. The van der Waals surface area contributed by atoms with Crippen LogP contribution in [0.3, 0.4) is 0 Å². The lowest BCUT2D eigenvalue weighted by atomic mass is 10.1. The summed E-state index contributed by atoms with van der Waals surface area (Å²) in [4.78, 5) is 0. The number of benzene rings is 1. The third-order valence-corrected chi connectivity index (χ3v) is 2.35. The molecule has 0 fully saturated rings. The van der Waals surface area contributed by atoms with E-state index in [1.807, 2.05) is 13.0 Å². The van der Waals surface area contributed by atoms with Crippen molar-refractivity contribution in [2.45, 2.75) is 19.1 Å². The van der Waals surface area contributed by atoms with Gasteiger partial charge in [-0.15, -0.1) is 0 Å². The minimum Gasteiger partial charge on any atom is -0.497 e. The topological polar surface area (TPSA) is 84.9 Å². The van der Waals surface area contributed by atoms with Crippen molar-refractivity contribution in [2.75, 3.05) is 20.3 Å². The Balaban J connectivity index is 2.85. The molecule has 0 radical (unpaired) electrons. The standard InChI is InChI=1S/C12H19NO4/c1-8(13)11-4-3-10(16-2)5-12(11)17-7-9(15)6-14/h3-5,8-9,14-15H,6-7,13H2,1-2H3/t8-,9?/m1/s1. The van der Waals surface area contributed by atoms with Gasteiger partial charge in [-0.3, -0.25) is 0 Å². The Bertz CT molecular complexity index is 354. The molecule has 0 amide bonds. The molecule has 0 aliphatic rings. The molecule has 4 N–H and O–H groups in total. The predicted molar refractivity (Wildman–Crippen MR) is 64.2 cm³/mol. The van der Waals surface area contributed by atoms with E-state index in [1.165, 1.54) is 0 Å². The smallest absolute Gasteiger partial charge is 0.127 e. The zero-order valence-electron chi connectivity index (χ0n) is 10.1. The van der Waals surface area contributed by atoms with Gasteiger partial charge >= 0.3 is 0 Å². The SMILES string of the molecule is COc1ccc([C@@H](C)N)c(OCC(O)CO)c1. The molecule has 2 atom stereocenters. The van der Waals surface area contributed by atoms with Crippen molar-refractivity contribution in [3.8, 4) is 11.5 Å². The van der Waals surface area contributed by atoms with Crippen molar-refractivity contribution in [1.82, 2.24) is 0 Å². The van der Waals surface area contributed by atoms with Crippen LogP contribution in [0.2, 0.25) is 0 Å². The summed E-state index contributed by atoms with van der Waals surface area (Å²) >= 11 is 0. The van der Waals surface area contributed by atoms with Crippen molar-refractivity contribution in [3.05, 3.63) is 23.8 Å². The van der Waals surface area contributed by atoms with Gasteiger partial charge < -0.3 is 25.4 Å². The summed E-state index contributed by atoms with van der Waals surface area (Å²) in [6, 6.07) is 5.16. The third-order valence-electron chi connectivity index (χ3n) is 2.35. The van der Waals surface area contributed by atoms with Gasteiger partial charge in [0.1, 0.15) is 24.2 Å². The number of ether oxygens (including phenoxy) is 2. The molecule has 5 nitrogen and oxygen atoms in total.